The number of hydrogen-bond donors (Lipinski definition) is 1. The molecule has 3 rings (SSSR count). The second kappa shape index (κ2) is 12.7. The highest BCUT2D eigenvalue weighted by Gasteiger charge is 2.29. The Bertz CT molecular complexity index is 1080. The lowest BCUT2D eigenvalue weighted by Gasteiger charge is -2.21. The standard InChI is InChI=1S/C29H34O6/c1-4-11-22-20-25(34-23-12-6-5-7-13-23)16-17-27(22)33-19-9-8-18-32-24-14-10-15-26(21-24)35-29(2,3)28(30)31/h5-7,10,12-17,20-21H,4,8-9,11,18-19H2,1-3H3,(H,30,31). The number of unbranched alkanes of at least 4 members (excludes halogenated alkanes) is 1. The smallest absolute Gasteiger partial charge is 0.347 e. The lowest BCUT2D eigenvalue weighted by Crippen LogP contribution is -2.37. The van der Waals surface area contributed by atoms with Gasteiger partial charge in [-0.05, 0) is 81.1 Å². The Labute approximate surface area is 207 Å². The largest absolute Gasteiger partial charge is 0.493 e. The van der Waals surface area contributed by atoms with E-state index < -0.39 is 11.6 Å². The Hall–Kier alpha value is -3.67. The van der Waals surface area contributed by atoms with E-state index in [0.29, 0.717) is 24.7 Å². The Morgan fingerprint density at radius 2 is 1.49 bits per heavy atom. The highest BCUT2D eigenvalue weighted by molar-refractivity contribution is 5.76. The molecule has 0 aliphatic heterocycles. The summed E-state index contributed by atoms with van der Waals surface area (Å²) in [5.41, 5.74) is -0.170. The SMILES string of the molecule is CCCc1cc(Oc2ccccc2)ccc1OCCCCOc1cccc(OC(C)(C)C(=O)O)c1. The number of carboxylic acids is 1. The summed E-state index contributed by atoms with van der Waals surface area (Å²) in [5, 5.41) is 9.22. The van der Waals surface area contributed by atoms with Crippen LogP contribution in [0.25, 0.3) is 0 Å². The van der Waals surface area contributed by atoms with Crippen molar-refractivity contribution in [3.05, 3.63) is 78.4 Å². The van der Waals surface area contributed by atoms with Gasteiger partial charge < -0.3 is 24.1 Å². The molecule has 0 saturated heterocycles. The van der Waals surface area contributed by atoms with Crippen LogP contribution in [-0.4, -0.2) is 29.9 Å². The average molecular weight is 479 g/mol. The zero-order chi connectivity index (χ0) is 25.1. The van der Waals surface area contributed by atoms with Crippen molar-refractivity contribution in [1.82, 2.24) is 0 Å². The molecule has 0 unspecified atom stereocenters. The summed E-state index contributed by atoms with van der Waals surface area (Å²) in [5.74, 6) is 2.58. The van der Waals surface area contributed by atoms with Crippen molar-refractivity contribution in [3.8, 4) is 28.7 Å². The van der Waals surface area contributed by atoms with E-state index in [1.54, 1.807) is 18.2 Å². The topological polar surface area (TPSA) is 74.2 Å². The van der Waals surface area contributed by atoms with Crippen molar-refractivity contribution in [2.24, 2.45) is 0 Å². The van der Waals surface area contributed by atoms with Gasteiger partial charge >= 0.3 is 5.97 Å². The Morgan fingerprint density at radius 1 is 0.800 bits per heavy atom. The molecule has 0 amide bonds. The van der Waals surface area contributed by atoms with Gasteiger partial charge in [0.25, 0.3) is 0 Å². The number of aliphatic carboxylic acids is 1. The number of carbonyl (C=O) groups is 1. The number of aryl methyl sites for hydroxylation is 1. The summed E-state index contributed by atoms with van der Waals surface area (Å²) in [6.07, 6.45) is 3.60. The summed E-state index contributed by atoms with van der Waals surface area (Å²) < 4.78 is 23.4. The predicted molar refractivity (Wildman–Crippen MR) is 136 cm³/mol. The Balaban J connectivity index is 1.44. The quantitative estimate of drug-likeness (QED) is 0.254. The molecule has 0 spiro atoms. The lowest BCUT2D eigenvalue weighted by molar-refractivity contribution is -0.152. The van der Waals surface area contributed by atoms with Gasteiger partial charge in [-0.15, -0.1) is 0 Å². The first-order valence-corrected chi connectivity index (χ1v) is 12.0. The maximum atomic E-state index is 11.3. The lowest BCUT2D eigenvalue weighted by atomic mass is 10.1. The van der Waals surface area contributed by atoms with Gasteiger partial charge in [-0.25, -0.2) is 4.79 Å². The molecule has 0 aliphatic carbocycles. The number of carboxylic acid groups (broad SMARTS) is 1. The van der Waals surface area contributed by atoms with Gasteiger partial charge in [0.15, 0.2) is 5.60 Å². The Kier molecular flexibility index (Phi) is 9.41. The van der Waals surface area contributed by atoms with Gasteiger partial charge in [-0.1, -0.05) is 37.6 Å². The summed E-state index contributed by atoms with van der Waals surface area (Å²) in [7, 11) is 0. The number of hydrogen-bond acceptors (Lipinski definition) is 5. The first-order valence-electron chi connectivity index (χ1n) is 12.0. The van der Waals surface area contributed by atoms with Crippen molar-refractivity contribution in [2.45, 2.75) is 52.1 Å². The van der Waals surface area contributed by atoms with Gasteiger partial charge in [0.1, 0.15) is 28.7 Å². The second-order valence-electron chi connectivity index (χ2n) is 8.73. The fourth-order valence-electron chi connectivity index (χ4n) is 3.39. The van der Waals surface area contributed by atoms with Crippen LogP contribution in [0.5, 0.6) is 28.7 Å². The average Bonchev–Trinajstić information content (AvgIpc) is 2.83. The molecular formula is C29H34O6. The molecule has 6 heteroatoms. The highest BCUT2D eigenvalue weighted by Crippen LogP contribution is 2.29. The number of benzene rings is 3. The first kappa shape index (κ1) is 25.9. The second-order valence-corrected chi connectivity index (χ2v) is 8.73. The van der Waals surface area contributed by atoms with Gasteiger partial charge in [-0.2, -0.15) is 0 Å². The van der Waals surface area contributed by atoms with Crippen LogP contribution in [0.4, 0.5) is 0 Å². The molecule has 0 saturated carbocycles. The van der Waals surface area contributed by atoms with Gasteiger partial charge in [0.2, 0.25) is 0 Å². The molecule has 35 heavy (non-hydrogen) atoms. The maximum absolute atomic E-state index is 11.3. The van der Waals surface area contributed by atoms with E-state index in [1.807, 2.05) is 48.5 Å². The Morgan fingerprint density at radius 3 is 2.20 bits per heavy atom. The van der Waals surface area contributed by atoms with E-state index in [9.17, 15) is 9.90 Å². The molecule has 0 fully saturated rings. The number of para-hydroxylation sites is 1. The third kappa shape index (κ3) is 8.25. The van der Waals surface area contributed by atoms with Crippen molar-refractivity contribution in [2.75, 3.05) is 13.2 Å². The minimum Gasteiger partial charge on any atom is -0.493 e. The van der Waals surface area contributed by atoms with Gasteiger partial charge in [-0.3, -0.25) is 0 Å². The zero-order valence-corrected chi connectivity index (χ0v) is 20.7. The molecule has 3 aromatic carbocycles. The molecular weight excluding hydrogens is 444 g/mol. The minimum absolute atomic E-state index is 0.460. The van der Waals surface area contributed by atoms with Crippen LogP contribution in [0.2, 0.25) is 0 Å². The zero-order valence-electron chi connectivity index (χ0n) is 20.7. The van der Waals surface area contributed by atoms with E-state index >= 15 is 0 Å². The molecule has 0 aromatic heterocycles. The van der Waals surface area contributed by atoms with E-state index in [2.05, 4.69) is 13.0 Å². The summed E-state index contributed by atoms with van der Waals surface area (Å²) in [6.45, 7) is 6.29. The summed E-state index contributed by atoms with van der Waals surface area (Å²) >= 11 is 0. The molecule has 0 aliphatic rings. The van der Waals surface area contributed by atoms with Crippen molar-refractivity contribution >= 4 is 5.97 Å². The van der Waals surface area contributed by atoms with Crippen LogP contribution < -0.4 is 18.9 Å². The van der Waals surface area contributed by atoms with Crippen LogP contribution in [0.1, 0.15) is 45.6 Å². The molecule has 1 N–H and O–H groups in total. The van der Waals surface area contributed by atoms with Gasteiger partial charge in [0.05, 0.1) is 13.2 Å². The molecule has 3 aromatic rings. The number of rotatable bonds is 14. The summed E-state index contributed by atoms with van der Waals surface area (Å²) in [4.78, 5) is 11.3. The van der Waals surface area contributed by atoms with Crippen molar-refractivity contribution < 1.29 is 28.8 Å². The van der Waals surface area contributed by atoms with Crippen LogP contribution in [0.3, 0.4) is 0 Å². The van der Waals surface area contributed by atoms with Crippen LogP contribution in [-0.2, 0) is 11.2 Å². The normalized spacial score (nSPS) is 11.1. The summed E-state index contributed by atoms with van der Waals surface area (Å²) in [6, 6.07) is 22.7. The fourth-order valence-corrected chi connectivity index (χ4v) is 3.39. The molecule has 0 atom stereocenters. The van der Waals surface area contributed by atoms with Crippen LogP contribution in [0, 0.1) is 0 Å². The monoisotopic (exact) mass is 478 g/mol. The first-order chi connectivity index (χ1) is 16.9. The van der Waals surface area contributed by atoms with Crippen molar-refractivity contribution in [3.63, 3.8) is 0 Å². The van der Waals surface area contributed by atoms with Crippen LogP contribution in [0.15, 0.2) is 72.8 Å². The van der Waals surface area contributed by atoms with E-state index in [1.165, 1.54) is 13.8 Å². The van der Waals surface area contributed by atoms with Gasteiger partial charge in [0, 0.05) is 6.07 Å². The maximum Gasteiger partial charge on any atom is 0.347 e. The highest BCUT2D eigenvalue weighted by atomic mass is 16.5. The number of ether oxygens (including phenoxy) is 4. The molecule has 0 bridgehead atoms. The molecule has 186 valence electrons. The molecule has 6 nitrogen and oxygen atoms in total. The molecule has 0 heterocycles. The van der Waals surface area contributed by atoms with E-state index in [-0.39, 0.29) is 0 Å². The third-order valence-electron chi connectivity index (χ3n) is 5.29. The predicted octanol–water partition coefficient (Wildman–Crippen LogP) is 6.91. The van der Waals surface area contributed by atoms with Crippen LogP contribution >= 0.6 is 0 Å². The fraction of sp³-hybridized carbons (Fsp3) is 0.345. The van der Waals surface area contributed by atoms with E-state index in [0.717, 1.165) is 48.5 Å². The van der Waals surface area contributed by atoms with Crippen molar-refractivity contribution in [1.29, 1.82) is 0 Å². The minimum atomic E-state index is -1.31. The third-order valence-corrected chi connectivity index (χ3v) is 5.29. The van der Waals surface area contributed by atoms with E-state index in [4.69, 9.17) is 18.9 Å². The molecule has 0 radical (unpaired) electrons.